The first-order valence-electron chi connectivity index (χ1n) is 5.40. The summed E-state index contributed by atoms with van der Waals surface area (Å²) in [6.07, 6.45) is 1.48. The monoisotopic (exact) mass is 231 g/mol. The fourth-order valence-electron chi connectivity index (χ4n) is 1.27. The fraction of sp³-hybridized carbons (Fsp3) is 0.800. The average molecular weight is 231 g/mol. The lowest BCUT2D eigenvalue weighted by atomic mass is 10.1. The van der Waals surface area contributed by atoms with Crippen LogP contribution in [0.4, 0.5) is 4.79 Å². The minimum absolute atomic E-state index is 0.123. The second-order valence-electron chi connectivity index (χ2n) is 3.72. The van der Waals surface area contributed by atoms with Gasteiger partial charge in [-0.1, -0.05) is 0 Å². The predicted molar refractivity (Wildman–Crippen MR) is 61.0 cm³/mol. The topological polar surface area (TPSA) is 90.5 Å². The Morgan fingerprint density at radius 3 is 2.44 bits per heavy atom. The Morgan fingerprint density at radius 2 is 1.94 bits per heavy atom. The molecule has 0 aliphatic heterocycles. The van der Waals surface area contributed by atoms with Gasteiger partial charge >= 0.3 is 6.03 Å². The molecule has 3 amide bonds. The molecule has 0 saturated carbocycles. The van der Waals surface area contributed by atoms with Crippen molar-refractivity contribution in [1.29, 1.82) is 0 Å². The number of amides is 3. The third kappa shape index (κ3) is 6.36. The third-order valence-electron chi connectivity index (χ3n) is 2.19. The van der Waals surface area contributed by atoms with Gasteiger partial charge in [-0.2, -0.15) is 0 Å². The van der Waals surface area contributed by atoms with E-state index in [1.807, 2.05) is 6.92 Å². The Balaban J connectivity index is 3.90. The van der Waals surface area contributed by atoms with Gasteiger partial charge in [0.05, 0.1) is 6.04 Å². The average Bonchev–Trinajstić information content (AvgIpc) is 2.25. The molecule has 2 atom stereocenters. The molecule has 0 rings (SSSR count). The van der Waals surface area contributed by atoms with Crippen LogP contribution in [0.25, 0.3) is 0 Å². The highest BCUT2D eigenvalue weighted by molar-refractivity contribution is 5.96. The highest BCUT2D eigenvalue weighted by Gasteiger charge is 2.16. The van der Waals surface area contributed by atoms with E-state index in [1.54, 1.807) is 6.92 Å². The smallest absolute Gasteiger partial charge is 0.321 e. The number of urea groups is 1. The molecule has 6 nitrogen and oxygen atoms in total. The molecule has 2 unspecified atom stereocenters. The minimum Gasteiger partial charge on any atom is -0.396 e. The van der Waals surface area contributed by atoms with Gasteiger partial charge in [0.2, 0.25) is 5.91 Å². The zero-order chi connectivity index (χ0) is 12.6. The lowest BCUT2D eigenvalue weighted by Gasteiger charge is -2.18. The normalized spacial score (nSPS) is 14.0. The Bertz CT molecular complexity index is 233. The molecule has 0 aliphatic rings. The van der Waals surface area contributed by atoms with Crippen molar-refractivity contribution >= 4 is 11.9 Å². The summed E-state index contributed by atoms with van der Waals surface area (Å²) in [6.45, 7) is 3.76. The van der Waals surface area contributed by atoms with Crippen LogP contribution in [0.5, 0.6) is 0 Å². The molecule has 0 radical (unpaired) electrons. The highest BCUT2D eigenvalue weighted by atomic mass is 16.3. The van der Waals surface area contributed by atoms with Gasteiger partial charge < -0.3 is 15.7 Å². The summed E-state index contributed by atoms with van der Waals surface area (Å²) in [5.74, 6) is -0.366. The number of aliphatic hydroxyl groups excluding tert-OH is 1. The van der Waals surface area contributed by atoms with E-state index in [9.17, 15) is 9.59 Å². The molecule has 0 aromatic heterocycles. The van der Waals surface area contributed by atoms with E-state index in [0.717, 1.165) is 6.42 Å². The van der Waals surface area contributed by atoms with Gasteiger partial charge in [-0.05, 0) is 26.7 Å². The molecule has 94 valence electrons. The zero-order valence-electron chi connectivity index (χ0n) is 10.0. The van der Waals surface area contributed by atoms with E-state index in [4.69, 9.17) is 5.11 Å². The van der Waals surface area contributed by atoms with Crippen molar-refractivity contribution in [3.05, 3.63) is 0 Å². The van der Waals surface area contributed by atoms with Crippen LogP contribution < -0.4 is 16.0 Å². The molecule has 0 aromatic carbocycles. The number of imide groups is 1. The van der Waals surface area contributed by atoms with Gasteiger partial charge in [0.15, 0.2) is 0 Å². The van der Waals surface area contributed by atoms with E-state index in [1.165, 1.54) is 7.05 Å². The van der Waals surface area contributed by atoms with Gasteiger partial charge in [0.25, 0.3) is 0 Å². The summed E-state index contributed by atoms with van der Waals surface area (Å²) in [7, 11) is 1.45. The zero-order valence-corrected chi connectivity index (χ0v) is 10.0. The second kappa shape index (κ2) is 8.06. The quantitative estimate of drug-likeness (QED) is 0.500. The van der Waals surface area contributed by atoms with Crippen molar-refractivity contribution in [3.63, 3.8) is 0 Å². The number of hydrogen-bond donors (Lipinski definition) is 4. The molecule has 16 heavy (non-hydrogen) atoms. The standard InChI is InChI=1S/C10H21N3O3/c1-7(5-4-6-14)12-8(2)9(15)13-10(16)11-3/h7-8,12,14H,4-6H2,1-3H3,(H2,11,13,15,16). The first-order chi connectivity index (χ1) is 7.51. The summed E-state index contributed by atoms with van der Waals surface area (Å²) in [5.41, 5.74) is 0. The van der Waals surface area contributed by atoms with Crippen LogP contribution in [0, 0.1) is 0 Å². The molecule has 0 saturated heterocycles. The minimum atomic E-state index is -0.512. The highest BCUT2D eigenvalue weighted by Crippen LogP contribution is 1.97. The molecular formula is C10H21N3O3. The molecule has 0 heterocycles. The Labute approximate surface area is 95.8 Å². The molecular weight excluding hydrogens is 210 g/mol. The molecule has 4 N–H and O–H groups in total. The molecule has 0 aromatic rings. The maximum absolute atomic E-state index is 11.4. The van der Waals surface area contributed by atoms with Crippen LogP contribution in [0.1, 0.15) is 26.7 Å². The van der Waals surface area contributed by atoms with Crippen molar-refractivity contribution in [2.75, 3.05) is 13.7 Å². The van der Waals surface area contributed by atoms with Gasteiger partial charge in [0, 0.05) is 19.7 Å². The molecule has 0 fully saturated rings. The summed E-state index contributed by atoms with van der Waals surface area (Å²) >= 11 is 0. The van der Waals surface area contributed by atoms with Crippen LogP contribution in [-0.4, -0.2) is 42.8 Å². The van der Waals surface area contributed by atoms with Gasteiger partial charge in [-0.15, -0.1) is 0 Å². The SMILES string of the molecule is CNC(=O)NC(=O)C(C)NC(C)CCCO. The van der Waals surface area contributed by atoms with Gasteiger partial charge in [0.1, 0.15) is 0 Å². The number of rotatable bonds is 6. The Kier molecular flexibility index (Phi) is 7.49. The van der Waals surface area contributed by atoms with Crippen LogP contribution in [0.3, 0.4) is 0 Å². The lowest BCUT2D eigenvalue weighted by molar-refractivity contribution is -0.121. The summed E-state index contributed by atoms with van der Waals surface area (Å²) in [6, 6.07) is -0.828. The van der Waals surface area contributed by atoms with Crippen molar-refractivity contribution in [3.8, 4) is 0 Å². The fourth-order valence-corrected chi connectivity index (χ4v) is 1.27. The van der Waals surface area contributed by atoms with Crippen molar-refractivity contribution in [2.45, 2.75) is 38.8 Å². The van der Waals surface area contributed by atoms with Gasteiger partial charge in [-0.3, -0.25) is 10.1 Å². The van der Waals surface area contributed by atoms with Crippen LogP contribution in [0.2, 0.25) is 0 Å². The Morgan fingerprint density at radius 1 is 1.31 bits per heavy atom. The molecule has 0 aliphatic carbocycles. The first kappa shape index (κ1) is 14.9. The second-order valence-corrected chi connectivity index (χ2v) is 3.72. The van der Waals surface area contributed by atoms with E-state index in [2.05, 4.69) is 16.0 Å². The van der Waals surface area contributed by atoms with Crippen molar-refractivity contribution < 1.29 is 14.7 Å². The first-order valence-corrected chi connectivity index (χ1v) is 5.40. The number of hydrogen-bond acceptors (Lipinski definition) is 4. The van der Waals surface area contributed by atoms with Crippen molar-refractivity contribution in [2.24, 2.45) is 0 Å². The molecule has 0 bridgehead atoms. The van der Waals surface area contributed by atoms with Crippen LogP contribution in [0.15, 0.2) is 0 Å². The number of nitrogens with one attached hydrogen (secondary N) is 3. The number of aliphatic hydroxyl groups is 1. The molecule has 6 heteroatoms. The third-order valence-corrected chi connectivity index (χ3v) is 2.19. The van der Waals surface area contributed by atoms with Crippen LogP contribution >= 0.6 is 0 Å². The van der Waals surface area contributed by atoms with E-state index in [0.29, 0.717) is 6.42 Å². The lowest BCUT2D eigenvalue weighted by Crippen LogP contribution is -2.49. The number of carbonyl (C=O) groups is 2. The van der Waals surface area contributed by atoms with E-state index in [-0.39, 0.29) is 18.6 Å². The summed E-state index contributed by atoms with van der Waals surface area (Å²) < 4.78 is 0. The molecule has 0 spiro atoms. The predicted octanol–water partition coefficient (Wildman–Crippen LogP) is -0.419. The summed E-state index contributed by atoms with van der Waals surface area (Å²) in [4.78, 5) is 22.3. The van der Waals surface area contributed by atoms with Crippen molar-refractivity contribution in [1.82, 2.24) is 16.0 Å². The largest absolute Gasteiger partial charge is 0.396 e. The van der Waals surface area contributed by atoms with Gasteiger partial charge in [-0.25, -0.2) is 4.79 Å². The van der Waals surface area contributed by atoms with E-state index < -0.39 is 12.1 Å². The Hall–Kier alpha value is -1.14. The maximum Gasteiger partial charge on any atom is 0.321 e. The van der Waals surface area contributed by atoms with E-state index >= 15 is 0 Å². The summed E-state index contributed by atoms with van der Waals surface area (Å²) in [5, 5.41) is 16.2. The van der Waals surface area contributed by atoms with Crippen LogP contribution in [-0.2, 0) is 4.79 Å². The number of carbonyl (C=O) groups excluding carboxylic acids is 2. The maximum atomic E-state index is 11.4.